The smallest absolute Gasteiger partial charge is 0.321 e. The number of hydrogen-bond donors (Lipinski definition) is 1. The molecule has 1 aliphatic rings. The number of ketones is 1. The van der Waals surface area contributed by atoms with Crippen LogP contribution in [0.3, 0.4) is 0 Å². The Morgan fingerprint density at radius 3 is 3.08 bits per heavy atom. The summed E-state index contributed by atoms with van der Waals surface area (Å²) in [6.07, 6.45) is -0.217. The van der Waals surface area contributed by atoms with Gasteiger partial charge in [0.1, 0.15) is 5.88 Å². The van der Waals surface area contributed by atoms with Gasteiger partial charge in [-0.05, 0) is 0 Å². The number of hydrogen-bond acceptors (Lipinski definition) is 4. The van der Waals surface area contributed by atoms with Gasteiger partial charge in [-0.3, -0.25) is 9.59 Å². The molecule has 0 aromatic heterocycles. The molecular formula is C7H10ClNO3. The number of Topliss-reactive ketones (excluding diaryl/α,β-unsaturated/α-hetero) is 1. The van der Waals surface area contributed by atoms with Crippen molar-refractivity contribution < 1.29 is 14.3 Å². The Kier molecular flexibility index (Phi) is 3.49. The third-order valence-electron chi connectivity index (χ3n) is 1.62. The van der Waals surface area contributed by atoms with E-state index in [0.717, 1.165) is 0 Å². The van der Waals surface area contributed by atoms with E-state index in [9.17, 15) is 9.59 Å². The van der Waals surface area contributed by atoms with Crippen molar-refractivity contribution in [3.05, 3.63) is 0 Å². The quantitative estimate of drug-likeness (QED) is 0.481. The number of piperidine rings is 1. The van der Waals surface area contributed by atoms with Crippen molar-refractivity contribution in [1.29, 1.82) is 0 Å². The Balaban J connectivity index is 2.39. The number of alkyl halides is 1. The van der Waals surface area contributed by atoms with Crippen molar-refractivity contribution in [2.24, 2.45) is 0 Å². The molecular weight excluding hydrogens is 182 g/mol. The molecule has 0 bridgehead atoms. The monoisotopic (exact) mass is 191 g/mol. The first kappa shape index (κ1) is 9.48. The van der Waals surface area contributed by atoms with Gasteiger partial charge in [0.15, 0.2) is 11.9 Å². The summed E-state index contributed by atoms with van der Waals surface area (Å²) in [4.78, 5) is 21.8. The molecule has 1 aliphatic heterocycles. The minimum absolute atomic E-state index is 0.0350. The molecule has 1 saturated heterocycles. The van der Waals surface area contributed by atoms with Crippen LogP contribution in [0.1, 0.15) is 6.42 Å². The van der Waals surface area contributed by atoms with Gasteiger partial charge < -0.3 is 10.1 Å². The maximum absolute atomic E-state index is 11.1. The topological polar surface area (TPSA) is 55.4 Å². The number of ether oxygens (including phenoxy) is 1. The summed E-state index contributed by atoms with van der Waals surface area (Å²) in [5, 5.41) is 2.95. The maximum Gasteiger partial charge on any atom is 0.321 e. The lowest BCUT2D eigenvalue weighted by molar-refractivity contribution is -0.153. The van der Waals surface area contributed by atoms with Gasteiger partial charge in [-0.25, -0.2) is 0 Å². The van der Waals surface area contributed by atoms with E-state index in [4.69, 9.17) is 16.3 Å². The molecule has 0 amide bonds. The predicted octanol–water partition coefficient (Wildman–Crippen LogP) is -0.301. The second-order valence-electron chi connectivity index (χ2n) is 2.53. The van der Waals surface area contributed by atoms with Gasteiger partial charge in [0.25, 0.3) is 0 Å². The van der Waals surface area contributed by atoms with Gasteiger partial charge >= 0.3 is 5.97 Å². The van der Waals surface area contributed by atoms with Crippen molar-refractivity contribution in [2.45, 2.75) is 12.5 Å². The molecule has 1 N–H and O–H groups in total. The first-order chi connectivity index (χ1) is 5.74. The summed E-state index contributed by atoms with van der Waals surface area (Å²) in [6, 6.07) is 0. The highest BCUT2D eigenvalue weighted by atomic mass is 35.5. The van der Waals surface area contributed by atoms with Crippen LogP contribution in [-0.4, -0.2) is 36.8 Å². The lowest BCUT2D eigenvalue weighted by atomic mass is 10.1. The summed E-state index contributed by atoms with van der Waals surface area (Å²) >= 11 is 5.21. The van der Waals surface area contributed by atoms with Crippen molar-refractivity contribution >= 4 is 23.4 Å². The summed E-state index contributed by atoms with van der Waals surface area (Å²) in [5.74, 6) is -0.782. The maximum atomic E-state index is 11.1. The van der Waals surface area contributed by atoms with Crippen LogP contribution in [0.15, 0.2) is 0 Å². The largest absolute Gasteiger partial charge is 0.452 e. The van der Waals surface area contributed by atoms with Gasteiger partial charge in [-0.15, -0.1) is 11.6 Å². The van der Waals surface area contributed by atoms with Crippen LogP contribution in [0.4, 0.5) is 0 Å². The molecule has 1 unspecified atom stereocenters. The van der Waals surface area contributed by atoms with Crippen LogP contribution in [0.5, 0.6) is 0 Å². The third-order valence-corrected chi connectivity index (χ3v) is 1.84. The average Bonchev–Trinajstić information content (AvgIpc) is 2.09. The Hall–Kier alpha value is -0.610. The minimum Gasteiger partial charge on any atom is -0.452 e. The first-order valence-electron chi connectivity index (χ1n) is 3.73. The fraction of sp³-hybridized carbons (Fsp3) is 0.714. The van der Waals surface area contributed by atoms with Crippen molar-refractivity contribution in [1.82, 2.24) is 5.32 Å². The van der Waals surface area contributed by atoms with E-state index in [1.54, 1.807) is 0 Å². The zero-order valence-electron chi connectivity index (χ0n) is 6.51. The van der Waals surface area contributed by atoms with Crippen LogP contribution in [0.2, 0.25) is 0 Å². The van der Waals surface area contributed by atoms with Gasteiger partial charge in [0, 0.05) is 19.5 Å². The molecule has 0 aromatic carbocycles. The molecule has 1 rings (SSSR count). The molecule has 68 valence electrons. The summed E-state index contributed by atoms with van der Waals surface area (Å²) in [7, 11) is 0. The second-order valence-corrected chi connectivity index (χ2v) is 2.80. The van der Waals surface area contributed by atoms with E-state index < -0.39 is 12.1 Å². The molecule has 4 nitrogen and oxygen atoms in total. The standard InChI is InChI=1S/C7H10ClNO3/c8-3-7(11)12-6-4-9-2-1-5(6)10/h6,9H,1-4H2. The van der Waals surface area contributed by atoms with Crippen LogP contribution >= 0.6 is 11.6 Å². The van der Waals surface area contributed by atoms with E-state index in [-0.39, 0.29) is 11.7 Å². The lowest BCUT2D eigenvalue weighted by Crippen LogP contribution is -2.43. The van der Waals surface area contributed by atoms with Crippen molar-refractivity contribution in [3.63, 3.8) is 0 Å². The fourth-order valence-corrected chi connectivity index (χ4v) is 1.08. The Bertz CT molecular complexity index is 195. The van der Waals surface area contributed by atoms with Gasteiger partial charge in [-0.1, -0.05) is 0 Å². The van der Waals surface area contributed by atoms with Crippen LogP contribution in [-0.2, 0) is 14.3 Å². The summed E-state index contributed by atoms with van der Waals surface area (Å²) < 4.78 is 4.77. The highest BCUT2D eigenvalue weighted by molar-refractivity contribution is 6.26. The number of carbonyl (C=O) groups excluding carboxylic acids is 2. The normalized spacial score (nSPS) is 23.8. The van der Waals surface area contributed by atoms with E-state index >= 15 is 0 Å². The minimum atomic E-state index is -0.634. The van der Waals surface area contributed by atoms with Crippen molar-refractivity contribution in [3.8, 4) is 0 Å². The van der Waals surface area contributed by atoms with E-state index in [1.165, 1.54) is 0 Å². The molecule has 5 heteroatoms. The van der Waals surface area contributed by atoms with E-state index in [2.05, 4.69) is 5.32 Å². The van der Waals surface area contributed by atoms with Crippen LogP contribution < -0.4 is 5.32 Å². The Morgan fingerprint density at radius 2 is 2.50 bits per heavy atom. The van der Waals surface area contributed by atoms with E-state index in [1.807, 2.05) is 0 Å². The van der Waals surface area contributed by atoms with Gasteiger partial charge in [0.2, 0.25) is 0 Å². The molecule has 1 atom stereocenters. The number of nitrogens with one attached hydrogen (secondary N) is 1. The number of halogens is 1. The highest BCUT2D eigenvalue weighted by Crippen LogP contribution is 2.02. The summed E-state index contributed by atoms with van der Waals surface area (Å²) in [5.41, 5.74) is 0. The molecule has 0 saturated carbocycles. The molecule has 0 radical (unpaired) electrons. The zero-order chi connectivity index (χ0) is 8.97. The summed E-state index contributed by atoms with van der Waals surface area (Å²) in [6.45, 7) is 1.06. The Morgan fingerprint density at radius 1 is 1.75 bits per heavy atom. The molecule has 12 heavy (non-hydrogen) atoms. The zero-order valence-corrected chi connectivity index (χ0v) is 7.26. The molecule has 0 aliphatic carbocycles. The fourth-order valence-electron chi connectivity index (χ4n) is 1.02. The molecule has 1 heterocycles. The first-order valence-corrected chi connectivity index (χ1v) is 4.26. The lowest BCUT2D eigenvalue weighted by Gasteiger charge is -2.21. The second kappa shape index (κ2) is 4.42. The number of carbonyl (C=O) groups is 2. The van der Waals surface area contributed by atoms with E-state index in [0.29, 0.717) is 19.5 Å². The predicted molar refractivity (Wildman–Crippen MR) is 43.1 cm³/mol. The molecule has 1 fully saturated rings. The van der Waals surface area contributed by atoms with Gasteiger partial charge in [-0.2, -0.15) is 0 Å². The van der Waals surface area contributed by atoms with Crippen LogP contribution in [0.25, 0.3) is 0 Å². The highest BCUT2D eigenvalue weighted by Gasteiger charge is 2.24. The molecule has 0 spiro atoms. The van der Waals surface area contributed by atoms with Crippen molar-refractivity contribution in [2.75, 3.05) is 19.0 Å². The van der Waals surface area contributed by atoms with Crippen LogP contribution in [0, 0.1) is 0 Å². The Labute approximate surface area is 75.2 Å². The number of rotatable bonds is 2. The van der Waals surface area contributed by atoms with Gasteiger partial charge in [0.05, 0.1) is 0 Å². The SMILES string of the molecule is O=C(CCl)OC1CNCCC1=O. The number of esters is 1. The average molecular weight is 192 g/mol. The molecule has 0 aromatic rings. The third kappa shape index (κ3) is 2.46.